The number of aliphatic hydroxyl groups is 1. The summed E-state index contributed by atoms with van der Waals surface area (Å²) in [6, 6.07) is 24.4. The third-order valence-electron chi connectivity index (χ3n) is 22.7. The van der Waals surface area contributed by atoms with E-state index in [-0.39, 0.29) is 23.8 Å². The lowest BCUT2D eigenvalue weighted by molar-refractivity contribution is 0.0958. The fraction of sp³-hybridized carbons (Fsp3) is 0.365. The van der Waals surface area contributed by atoms with Crippen LogP contribution in [0.15, 0.2) is 129 Å². The topological polar surface area (TPSA) is 312 Å². The number of likely N-dealkylation sites (N-methyl/N-ethyl adjacent to an activating group) is 2. The van der Waals surface area contributed by atoms with Crippen LogP contribution in [-0.4, -0.2) is 196 Å². The van der Waals surface area contributed by atoms with Crippen molar-refractivity contribution < 1.29 is 33.7 Å². The van der Waals surface area contributed by atoms with E-state index in [0.29, 0.717) is 108 Å². The number of carbonyl (C=O) groups excluding carboxylic acids is 3. The van der Waals surface area contributed by atoms with Gasteiger partial charge in [-0.15, -0.1) is 0 Å². The Hall–Kier alpha value is -11.5. The maximum Gasteiger partial charge on any atom is 0.254 e. The van der Waals surface area contributed by atoms with Crippen LogP contribution in [0.1, 0.15) is 125 Å². The molecule has 0 aromatic carbocycles. The summed E-state index contributed by atoms with van der Waals surface area (Å²) in [7, 11) is 14.2. The standard InChI is InChI=1S/C29H31N7O3.2C28H31N7O2/c1-35-9-6-21-20(4-8-30-28(21)35)27-22-12-32-29(38)26(22)23(13-31-27)33-25-3-2-19(17-7-11-39-16-17)24(34-25)15-36-10-5-18(37)14-36;2*1-34(2)11-8-22-18(17-9-13-37-16-17)4-5-24(32-22)33-23-15-30-26(21-14-31-28(36)25(21)23)19-6-10-29-27-20(19)7-12-35(27)3/h2-4,6,8-9,13,17-18,37H,5,7,10-12,14-16H2,1H3,(H,32,38)(H,33,34);2*4-7,10,12,15,17H,8-9,11,13-14,16H2,1-3H3,(H,31,36)(H,32,33)/t17-,18-;2*17-/m110/s1. The minimum absolute atomic E-state index is 0.105. The molecule has 4 atom stereocenters. The monoisotopic (exact) mass is 1520 g/mol. The molecule has 0 aliphatic carbocycles. The zero-order chi connectivity index (χ0) is 77.5. The summed E-state index contributed by atoms with van der Waals surface area (Å²) in [5, 5.41) is 32.2. The van der Waals surface area contributed by atoms with Gasteiger partial charge in [-0.25, -0.2) is 29.9 Å². The molecule has 4 saturated heterocycles. The van der Waals surface area contributed by atoms with Gasteiger partial charge in [0.2, 0.25) is 0 Å². The lowest BCUT2D eigenvalue weighted by Gasteiger charge is -2.20. The number of nitrogens with one attached hydrogen (secondary N) is 6. The van der Waals surface area contributed by atoms with Crippen LogP contribution in [0.3, 0.4) is 0 Å². The van der Waals surface area contributed by atoms with Crippen molar-refractivity contribution in [3.8, 4) is 33.8 Å². The second-order valence-corrected chi connectivity index (χ2v) is 30.8. The van der Waals surface area contributed by atoms with E-state index in [0.717, 1.165) is 192 Å². The van der Waals surface area contributed by atoms with Gasteiger partial charge < -0.3 is 74.7 Å². The van der Waals surface area contributed by atoms with Gasteiger partial charge in [0.15, 0.2) is 0 Å². The van der Waals surface area contributed by atoms with Crippen LogP contribution in [0, 0.1) is 0 Å². The van der Waals surface area contributed by atoms with E-state index in [1.807, 2.05) is 108 Å². The van der Waals surface area contributed by atoms with Crippen LogP contribution < -0.4 is 31.9 Å². The molecule has 0 spiro atoms. The molecular formula is C85H93N21O7. The van der Waals surface area contributed by atoms with Gasteiger partial charge in [0.25, 0.3) is 17.7 Å². The number of hydrogen-bond donors (Lipinski definition) is 7. The van der Waals surface area contributed by atoms with E-state index in [9.17, 15) is 19.5 Å². The molecule has 3 amide bonds. The van der Waals surface area contributed by atoms with Gasteiger partial charge in [-0.1, -0.05) is 18.2 Å². The lowest BCUT2D eigenvalue weighted by Crippen LogP contribution is -2.23. The molecule has 7 aliphatic heterocycles. The smallest absolute Gasteiger partial charge is 0.254 e. The van der Waals surface area contributed by atoms with Gasteiger partial charge in [0.1, 0.15) is 34.4 Å². The number of aryl methyl sites for hydroxylation is 3. The number of β-amino-alcohol motifs (C(OH)–C–C–N with tert-alkyl or cyclic N) is 1. The minimum atomic E-state index is -0.284. The molecule has 19 rings (SSSR count). The van der Waals surface area contributed by atoms with Crippen molar-refractivity contribution in [1.82, 2.24) is 89.2 Å². The average Bonchev–Trinajstić information content (AvgIpc) is 1.65. The Kier molecular flexibility index (Phi) is 21.0. The summed E-state index contributed by atoms with van der Waals surface area (Å²) in [6.45, 7) is 9.82. The Labute approximate surface area is 654 Å². The highest BCUT2D eigenvalue weighted by atomic mass is 16.5. The average molecular weight is 1520 g/mol. The number of aromatic nitrogens is 12. The van der Waals surface area contributed by atoms with Crippen LogP contribution in [0.5, 0.6) is 0 Å². The van der Waals surface area contributed by atoms with Gasteiger partial charge in [0, 0.05) is 222 Å². The number of hydrogen-bond acceptors (Lipinski definition) is 22. The normalized spacial score (nSPS) is 18.4. The summed E-state index contributed by atoms with van der Waals surface area (Å²) in [5.74, 6) is 2.83. The molecular weight excluding hydrogens is 1430 g/mol. The first-order valence-electron chi connectivity index (χ1n) is 38.9. The van der Waals surface area contributed by atoms with Crippen LogP contribution >= 0.6 is 0 Å². The van der Waals surface area contributed by atoms with E-state index in [4.69, 9.17) is 44.1 Å². The highest BCUT2D eigenvalue weighted by molar-refractivity contribution is 6.09. The Bertz CT molecular complexity index is 5410. The van der Waals surface area contributed by atoms with Gasteiger partial charge in [0.05, 0.1) is 101 Å². The molecule has 0 unspecified atom stereocenters. The first-order valence-corrected chi connectivity index (χ1v) is 38.9. The van der Waals surface area contributed by atoms with Crippen molar-refractivity contribution in [3.63, 3.8) is 0 Å². The molecule has 12 aromatic rings. The zero-order valence-electron chi connectivity index (χ0n) is 64.7. The predicted octanol–water partition coefficient (Wildman–Crippen LogP) is 10.3. The summed E-state index contributed by atoms with van der Waals surface area (Å²) in [5.41, 5.74) is 21.2. The van der Waals surface area contributed by atoms with Crippen molar-refractivity contribution in [1.29, 1.82) is 0 Å². The molecule has 19 heterocycles. The van der Waals surface area contributed by atoms with Crippen molar-refractivity contribution in [2.45, 2.75) is 88.6 Å². The number of pyridine rings is 9. The fourth-order valence-electron chi connectivity index (χ4n) is 16.8. The van der Waals surface area contributed by atoms with Crippen LogP contribution in [-0.2, 0) is 74.4 Å². The summed E-state index contributed by atoms with van der Waals surface area (Å²) < 4.78 is 22.9. The van der Waals surface area contributed by atoms with Crippen molar-refractivity contribution in [2.24, 2.45) is 21.1 Å². The van der Waals surface area contributed by atoms with Gasteiger partial charge in [-0.3, -0.25) is 34.2 Å². The van der Waals surface area contributed by atoms with Crippen LogP contribution in [0.4, 0.5) is 34.5 Å². The number of anilines is 6. The molecule has 580 valence electrons. The number of fused-ring (bicyclic) bond motifs is 6. The summed E-state index contributed by atoms with van der Waals surface area (Å²) in [4.78, 5) is 88.5. The van der Waals surface area contributed by atoms with Gasteiger partial charge in [-0.2, -0.15) is 0 Å². The predicted molar refractivity (Wildman–Crippen MR) is 433 cm³/mol. The number of rotatable bonds is 20. The first-order chi connectivity index (χ1) is 55.0. The molecule has 28 nitrogen and oxygen atoms in total. The second-order valence-electron chi connectivity index (χ2n) is 30.8. The van der Waals surface area contributed by atoms with Crippen LogP contribution in [0.2, 0.25) is 0 Å². The Morgan fingerprint density at radius 2 is 0.814 bits per heavy atom. The molecule has 4 fully saturated rings. The molecule has 28 heteroatoms. The number of likely N-dealkylation sites (tertiary alicyclic amines) is 1. The van der Waals surface area contributed by atoms with Crippen molar-refractivity contribution >= 4 is 85.3 Å². The molecule has 7 aliphatic rings. The summed E-state index contributed by atoms with van der Waals surface area (Å²) >= 11 is 0. The maximum atomic E-state index is 13.0. The lowest BCUT2D eigenvalue weighted by atomic mass is 9.95. The number of nitrogens with zero attached hydrogens (tertiary/aromatic N) is 15. The zero-order valence-corrected chi connectivity index (χ0v) is 64.7. The highest BCUT2D eigenvalue weighted by Gasteiger charge is 2.34. The number of aliphatic hydroxyl groups excluding tert-OH is 1. The second kappa shape index (κ2) is 31.9. The third kappa shape index (κ3) is 15.1. The Morgan fingerprint density at radius 1 is 0.460 bits per heavy atom. The van der Waals surface area contributed by atoms with Crippen molar-refractivity contribution in [2.75, 3.05) is 110 Å². The molecule has 0 saturated carbocycles. The number of carbonyl (C=O) groups is 3. The SMILES string of the molecule is CN(C)CCc1nc(Nc2cnc(-c3ccnc4c3ccn4C)c3c2C(=O)NC3)ccc1[C@@H]1CCOC1.CN(C)CCc1nc(Nc2cnc(-c3ccnc4c3ccn4C)c3c2C(=O)NC3)ccc1[C@H]1CCOC1.Cn1ccc2c(-c3ncc(Nc4ccc([C@@H]5CCOC5)c(CN5CC[C@@H](O)C5)n4)c4c3CNC4=O)ccnc21. The Balaban J connectivity index is 0.000000123. The number of ether oxygens (including phenoxy) is 3. The van der Waals surface area contributed by atoms with Crippen molar-refractivity contribution in [3.05, 3.63) is 196 Å². The first kappa shape index (κ1) is 74.3. The van der Waals surface area contributed by atoms with E-state index in [2.05, 4.69) is 108 Å². The van der Waals surface area contributed by atoms with Gasteiger partial charge >= 0.3 is 0 Å². The van der Waals surface area contributed by atoms with Gasteiger partial charge in [-0.05, 0) is 125 Å². The fourth-order valence-corrected chi connectivity index (χ4v) is 16.8. The molecule has 113 heavy (non-hydrogen) atoms. The summed E-state index contributed by atoms with van der Waals surface area (Å²) in [6.07, 6.45) is 21.7. The third-order valence-corrected chi connectivity index (χ3v) is 22.7. The number of amides is 3. The largest absolute Gasteiger partial charge is 0.392 e. The Morgan fingerprint density at radius 3 is 1.14 bits per heavy atom. The van der Waals surface area contributed by atoms with E-state index >= 15 is 0 Å². The van der Waals surface area contributed by atoms with E-state index in [1.54, 1.807) is 37.2 Å². The molecule has 7 N–H and O–H groups in total. The van der Waals surface area contributed by atoms with Crippen LogP contribution in [0.25, 0.3) is 66.9 Å². The maximum absolute atomic E-state index is 13.0. The van der Waals surface area contributed by atoms with E-state index < -0.39 is 0 Å². The molecule has 0 radical (unpaired) electrons. The highest BCUT2D eigenvalue weighted by Crippen LogP contribution is 2.42. The minimum Gasteiger partial charge on any atom is -0.392 e. The van der Waals surface area contributed by atoms with E-state index in [1.165, 1.54) is 16.7 Å². The molecule has 0 bridgehead atoms. The molecule has 12 aromatic heterocycles. The quantitative estimate of drug-likeness (QED) is 0.0373.